The van der Waals surface area contributed by atoms with E-state index in [4.69, 9.17) is 10.3 Å². The van der Waals surface area contributed by atoms with Gasteiger partial charge in [-0.1, -0.05) is 24.4 Å². The van der Waals surface area contributed by atoms with E-state index in [1.165, 1.54) is 19.3 Å². The molecule has 1 aliphatic heterocycles. The molecule has 0 spiro atoms. The van der Waals surface area contributed by atoms with Gasteiger partial charge in [-0.3, -0.25) is 9.69 Å². The van der Waals surface area contributed by atoms with Crippen LogP contribution < -0.4 is 5.73 Å². The number of carbonyl (C=O) groups is 1. The lowest BCUT2D eigenvalue weighted by Crippen LogP contribution is -2.50. The van der Waals surface area contributed by atoms with Crippen LogP contribution in [0.25, 0.3) is 0 Å². The van der Waals surface area contributed by atoms with Crippen LogP contribution in [0.4, 0.5) is 0 Å². The first kappa shape index (κ1) is 23.2. The van der Waals surface area contributed by atoms with Gasteiger partial charge in [0.1, 0.15) is 5.76 Å². The van der Waals surface area contributed by atoms with Gasteiger partial charge in [-0.2, -0.15) is 0 Å². The largest absolute Gasteiger partial charge is 0.361 e. The summed E-state index contributed by atoms with van der Waals surface area (Å²) in [4.78, 5) is 17.1. The second-order valence-electron chi connectivity index (χ2n) is 7.53. The predicted octanol–water partition coefficient (Wildman–Crippen LogP) is 2.77. The third-order valence-corrected chi connectivity index (χ3v) is 5.66. The molecule has 26 heavy (non-hydrogen) atoms. The van der Waals surface area contributed by atoms with Gasteiger partial charge in [0.25, 0.3) is 0 Å². The highest BCUT2D eigenvalue weighted by Crippen LogP contribution is 2.38. The van der Waals surface area contributed by atoms with Crippen molar-refractivity contribution < 1.29 is 9.32 Å². The number of piperazine rings is 1. The minimum atomic E-state index is 0. The van der Waals surface area contributed by atoms with Gasteiger partial charge in [0.15, 0.2) is 0 Å². The molecule has 0 bridgehead atoms. The van der Waals surface area contributed by atoms with Crippen LogP contribution in [0.3, 0.4) is 0 Å². The number of carbonyl (C=O) groups excluding carboxylic acids is 1. The Morgan fingerprint density at radius 1 is 1.19 bits per heavy atom. The molecule has 0 atom stereocenters. The van der Waals surface area contributed by atoms with Crippen molar-refractivity contribution in [2.75, 3.05) is 32.7 Å². The van der Waals surface area contributed by atoms with Crippen molar-refractivity contribution in [3.8, 4) is 0 Å². The van der Waals surface area contributed by atoms with Crippen LogP contribution in [0, 0.1) is 12.3 Å². The first-order valence-electron chi connectivity index (χ1n) is 9.23. The summed E-state index contributed by atoms with van der Waals surface area (Å²) in [7, 11) is 0. The quantitative estimate of drug-likeness (QED) is 0.813. The van der Waals surface area contributed by atoms with E-state index >= 15 is 0 Å². The second kappa shape index (κ2) is 10.5. The van der Waals surface area contributed by atoms with Gasteiger partial charge in [0, 0.05) is 45.2 Å². The maximum absolute atomic E-state index is 12.7. The highest BCUT2D eigenvalue weighted by Gasteiger charge is 2.35. The SMILES string of the molecule is Cc1cc(CN2CCN(C(=O)CC3(CN)CCCCC3)CC2)no1.Cl.Cl. The van der Waals surface area contributed by atoms with Gasteiger partial charge in [-0.25, -0.2) is 0 Å². The van der Waals surface area contributed by atoms with Gasteiger partial charge in [0.2, 0.25) is 5.91 Å². The number of nitrogens with two attached hydrogens (primary N) is 1. The summed E-state index contributed by atoms with van der Waals surface area (Å²) < 4.78 is 5.12. The molecule has 1 amide bonds. The number of nitrogens with zero attached hydrogens (tertiary/aromatic N) is 3. The summed E-state index contributed by atoms with van der Waals surface area (Å²) >= 11 is 0. The van der Waals surface area contributed by atoms with Crippen molar-refractivity contribution in [2.24, 2.45) is 11.1 Å². The van der Waals surface area contributed by atoms with E-state index in [0.29, 0.717) is 18.9 Å². The van der Waals surface area contributed by atoms with Crippen molar-refractivity contribution in [3.05, 3.63) is 17.5 Å². The van der Waals surface area contributed by atoms with E-state index in [0.717, 1.165) is 57.0 Å². The number of aryl methyl sites for hydroxylation is 1. The number of aromatic nitrogens is 1. The van der Waals surface area contributed by atoms with Gasteiger partial charge >= 0.3 is 0 Å². The Hall–Kier alpha value is -0.820. The Morgan fingerprint density at radius 3 is 2.38 bits per heavy atom. The standard InChI is InChI=1S/C18H30N4O2.2ClH/c1-15-11-16(20-24-15)13-21-7-9-22(10-8-21)17(23)12-18(14-19)5-3-2-4-6-18;;/h11H,2-10,12-14,19H2,1H3;2*1H. The maximum Gasteiger partial charge on any atom is 0.223 e. The second-order valence-corrected chi connectivity index (χ2v) is 7.53. The Labute approximate surface area is 168 Å². The molecule has 2 aliphatic rings. The molecule has 2 heterocycles. The Bertz CT molecular complexity index is 553. The smallest absolute Gasteiger partial charge is 0.223 e. The fourth-order valence-corrected chi connectivity index (χ4v) is 4.06. The van der Waals surface area contributed by atoms with E-state index < -0.39 is 0 Å². The van der Waals surface area contributed by atoms with Crippen molar-refractivity contribution in [1.29, 1.82) is 0 Å². The van der Waals surface area contributed by atoms with Gasteiger partial charge in [-0.05, 0) is 31.7 Å². The molecule has 1 saturated heterocycles. The zero-order chi connectivity index (χ0) is 17.0. The van der Waals surface area contributed by atoms with Crippen LogP contribution in [0.1, 0.15) is 50.0 Å². The number of hydrogen-bond acceptors (Lipinski definition) is 5. The zero-order valence-electron chi connectivity index (χ0n) is 15.6. The number of rotatable bonds is 5. The predicted molar refractivity (Wildman–Crippen MR) is 107 cm³/mol. The average Bonchev–Trinajstić information content (AvgIpc) is 3.01. The number of amides is 1. The normalized spacial score (nSPS) is 20.2. The zero-order valence-corrected chi connectivity index (χ0v) is 17.2. The molecule has 2 N–H and O–H groups in total. The van der Waals surface area contributed by atoms with E-state index in [9.17, 15) is 4.79 Å². The van der Waals surface area contributed by atoms with Crippen LogP contribution in [0.15, 0.2) is 10.6 Å². The molecule has 1 aromatic rings. The summed E-state index contributed by atoms with van der Waals surface area (Å²) in [5.41, 5.74) is 7.06. The Kier molecular flexibility index (Phi) is 9.38. The van der Waals surface area contributed by atoms with E-state index in [2.05, 4.69) is 10.1 Å². The molecule has 1 aliphatic carbocycles. The lowest BCUT2D eigenvalue weighted by atomic mass is 9.71. The summed E-state index contributed by atoms with van der Waals surface area (Å²) in [6, 6.07) is 1.98. The maximum atomic E-state index is 12.7. The van der Waals surface area contributed by atoms with Crippen LogP contribution >= 0.6 is 24.8 Å². The fourth-order valence-electron chi connectivity index (χ4n) is 4.06. The minimum absolute atomic E-state index is 0. The van der Waals surface area contributed by atoms with Crippen molar-refractivity contribution in [2.45, 2.75) is 52.0 Å². The summed E-state index contributed by atoms with van der Waals surface area (Å²) in [6.45, 7) is 6.75. The topological polar surface area (TPSA) is 75.6 Å². The molecule has 0 radical (unpaired) electrons. The molecule has 6 nitrogen and oxygen atoms in total. The minimum Gasteiger partial charge on any atom is -0.361 e. The molecule has 2 fully saturated rings. The third kappa shape index (κ3) is 5.84. The molecular formula is C18H32Cl2N4O2. The molecule has 0 aromatic carbocycles. The van der Waals surface area contributed by atoms with Gasteiger partial charge in [0.05, 0.1) is 5.69 Å². The molecule has 0 unspecified atom stereocenters. The van der Waals surface area contributed by atoms with E-state index in [1.54, 1.807) is 0 Å². The van der Waals surface area contributed by atoms with Crippen LogP contribution in [-0.4, -0.2) is 53.6 Å². The monoisotopic (exact) mass is 406 g/mol. The van der Waals surface area contributed by atoms with Crippen LogP contribution in [0.2, 0.25) is 0 Å². The van der Waals surface area contributed by atoms with Crippen molar-refractivity contribution in [1.82, 2.24) is 15.0 Å². The van der Waals surface area contributed by atoms with Crippen LogP contribution in [-0.2, 0) is 11.3 Å². The lowest BCUT2D eigenvalue weighted by molar-refractivity contribution is -0.136. The Balaban J connectivity index is 0.00000169. The van der Waals surface area contributed by atoms with Crippen molar-refractivity contribution in [3.63, 3.8) is 0 Å². The molecule has 1 saturated carbocycles. The van der Waals surface area contributed by atoms with Crippen LogP contribution in [0.5, 0.6) is 0 Å². The Morgan fingerprint density at radius 2 is 1.85 bits per heavy atom. The third-order valence-electron chi connectivity index (χ3n) is 5.66. The van der Waals surface area contributed by atoms with Gasteiger partial charge in [-0.15, -0.1) is 24.8 Å². The van der Waals surface area contributed by atoms with Gasteiger partial charge < -0.3 is 15.2 Å². The molecule has 1 aromatic heterocycles. The average molecular weight is 407 g/mol. The number of hydrogen-bond donors (Lipinski definition) is 1. The highest BCUT2D eigenvalue weighted by atomic mass is 35.5. The molecule has 150 valence electrons. The molecule has 8 heteroatoms. The fraction of sp³-hybridized carbons (Fsp3) is 0.778. The molecular weight excluding hydrogens is 375 g/mol. The summed E-state index contributed by atoms with van der Waals surface area (Å²) in [5.74, 6) is 1.14. The van der Waals surface area contributed by atoms with E-state index in [-0.39, 0.29) is 30.2 Å². The number of halogens is 2. The first-order chi connectivity index (χ1) is 11.6. The summed E-state index contributed by atoms with van der Waals surface area (Å²) in [5, 5.41) is 4.05. The lowest BCUT2D eigenvalue weighted by Gasteiger charge is -2.39. The summed E-state index contributed by atoms with van der Waals surface area (Å²) in [6.07, 6.45) is 6.58. The first-order valence-corrected chi connectivity index (χ1v) is 9.23. The molecule has 3 rings (SSSR count). The van der Waals surface area contributed by atoms with E-state index in [1.807, 2.05) is 17.9 Å². The highest BCUT2D eigenvalue weighted by molar-refractivity contribution is 5.85. The van der Waals surface area contributed by atoms with Crippen molar-refractivity contribution >= 4 is 30.7 Å².